The Balaban J connectivity index is 1.55. The van der Waals surface area contributed by atoms with Crippen LogP contribution in [0.15, 0.2) is 29.4 Å². The van der Waals surface area contributed by atoms with Gasteiger partial charge in [0.15, 0.2) is 5.96 Å². The lowest BCUT2D eigenvalue weighted by Crippen LogP contribution is -2.38. The van der Waals surface area contributed by atoms with Crippen LogP contribution in [0.3, 0.4) is 0 Å². The Bertz CT molecular complexity index is 548. The van der Waals surface area contributed by atoms with Gasteiger partial charge in [-0.05, 0) is 44.7 Å². The molecule has 7 heteroatoms. The number of carbonyl (C=O) groups is 1. The summed E-state index contributed by atoms with van der Waals surface area (Å²) in [5.74, 6) is 2.07. The van der Waals surface area contributed by atoms with E-state index in [1.54, 1.807) is 6.20 Å². The lowest BCUT2D eigenvalue weighted by Gasteiger charge is -2.15. The van der Waals surface area contributed by atoms with Crippen molar-refractivity contribution < 1.29 is 4.79 Å². The summed E-state index contributed by atoms with van der Waals surface area (Å²) in [7, 11) is 0. The smallest absolute Gasteiger partial charge is 0.222 e. The van der Waals surface area contributed by atoms with Crippen LogP contribution >= 0.6 is 0 Å². The highest BCUT2D eigenvalue weighted by Crippen LogP contribution is 2.09. The second-order valence-corrected chi connectivity index (χ2v) is 6.37. The summed E-state index contributed by atoms with van der Waals surface area (Å²) < 4.78 is 0. The van der Waals surface area contributed by atoms with E-state index in [9.17, 15) is 4.79 Å². The summed E-state index contributed by atoms with van der Waals surface area (Å²) >= 11 is 0. The number of hydrogen-bond acceptors (Lipinski definition) is 4. The van der Waals surface area contributed by atoms with E-state index in [1.807, 2.05) is 23.1 Å². The number of nitrogens with one attached hydrogen (secondary N) is 3. The van der Waals surface area contributed by atoms with Crippen LogP contribution in [0.4, 0.5) is 5.82 Å². The molecule has 2 heterocycles. The van der Waals surface area contributed by atoms with Gasteiger partial charge in [0.1, 0.15) is 5.82 Å². The molecule has 1 aliphatic heterocycles. The molecule has 144 valence electrons. The first-order valence-corrected chi connectivity index (χ1v) is 9.74. The molecule has 0 spiro atoms. The number of likely N-dealkylation sites (tertiary alicyclic amines) is 1. The maximum atomic E-state index is 11.6. The van der Waals surface area contributed by atoms with Crippen molar-refractivity contribution in [3.63, 3.8) is 0 Å². The summed E-state index contributed by atoms with van der Waals surface area (Å²) in [5.41, 5.74) is 0. The molecule has 3 N–H and O–H groups in total. The van der Waals surface area contributed by atoms with E-state index in [0.29, 0.717) is 12.3 Å². The number of rotatable bonds is 11. The third-order valence-corrected chi connectivity index (χ3v) is 4.24. The molecule has 0 aliphatic carbocycles. The van der Waals surface area contributed by atoms with Gasteiger partial charge in [-0.15, -0.1) is 0 Å². The van der Waals surface area contributed by atoms with E-state index < -0.39 is 0 Å². The van der Waals surface area contributed by atoms with Crippen LogP contribution in [0.2, 0.25) is 0 Å². The molecule has 0 radical (unpaired) electrons. The molecule has 0 aromatic carbocycles. The number of pyridine rings is 1. The van der Waals surface area contributed by atoms with Gasteiger partial charge in [-0.1, -0.05) is 6.07 Å². The minimum atomic E-state index is 0.290. The van der Waals surface area contributed by atoms with Crippen molar-refractivity contribution in [2.45, 2.75) is 39.0 Å². The van der Waals surface area contributed by atoms with Crippen molar-refractivity contribution >= 4 is 17.7 Å². The number of aromatic nitrogens is 1. The van der Waals surface area contributed by atoms with Crippen LogP contribution in [0.5, 0.6) is 0 Å². The second kappa shape index (κ2) is 12.1. The number of nitrogens with zero attached hydrogens (tertiary/aromatic N) is 3. The number of carbonyl (C=O) groups excluding carboxylic acids is 1. The molecule has 1 fully saturated rings. The summed E-state index contributed by atoms with van der Waals surface area (Å²) in [6, 6.07) is 5.87. The molecule has 1 aliphatic rings. The molecule has 1 amide bonds. The van der Waals surface area contributed by atoms with E-state index in [0.717, 1.165) is 76.7 Å². The van der Waals surface area contributed by atoms with Gasteiger partial charge < -0.3 is 20.9 Å². The Morgan fingerprint density at radius 2 is 2.12 bits per heavy atom. The highest BCUT2D eigenvalue weighted by Gasteiger charge is 2.18. The van der Waals surface area contributed by atoms with E-state index in [2.05, 4.69) is 32.9 Å². The van der Waals surface area contributed by atoms with Gasteiger partial charge in [-0.2, -0.15) is 0 Å². The van der Waals surface area contributed by atoms with E-state index in [-0.39, 0.29) is 0 Å². The number of aliphatic imine (C=N–C) groups is 1. The van der Waals surface area contributed by atoms with Crippen LogP contribution in [-0.4, -0.2) is 61.0 Å². The van der Waals surface area contributed by atoms with Gasteiger partial charge in [0, 0.05) is 51.9 Å². The molecule has 0 unspecified atom stereocenters. The zero-order chi connectivity index (χ0) is 18.5. The second-order valence-electron chi connectivity index (χ2n) is 6.37. The van der Waals surface area contributed by atoms with Gasteiger partial charge in [0.2, 0.25) is 5.91 Å². The average molecular weight is 361 g/mol. The lowest BCUT2D eigenvalue weighted by molar-refractivity contribution is -0.127. The number of hydrogen-bond donors (Lipinski definition) is 3. The first-order valence-electron chi connectivity index (χ1n) is 9.74. The molecule has 2 rings (SSSR count). The first-order chi connectivity index (χ1) is 12.8. The highest BCUT2D eigenvalue weighted by atomic mass is 16.2. The van der Waals surface area contributed by atoms with Crippen LogP contribution < -0.4 is 16.0 Å². The first kappa shape index (κ1) is 20.0. The predicted molar refractivity (Wildman–Crippen MR) is 106 cm³/mol. The van der Waals surface area contributed by atoms with Gasteiger partial charge in [-0.3, -0.25) is 9.79 Å². The standard InChI is InChI=1S/C19H32N6O/c1-2-20-19(24-14-8-16-25-15-7-10-18(25)26)23-13-6-5-12-22-17-9-3-4-11-21-17/h3-4,9,11H,2,5-8,10,12-16H2,1H3,(H,21,22)(H2,20,23,24). The van der Waals surface area contributed by atoms with Crippen molar-refractivity contribution in [2.75, 3.05) is 44.6 Å². The number of anilines is 1. The quantitative estimate of drug-likeness (QED) is 0.319. The molecule has 0 saturated carbocycles. The lowest BCUT2D eigenvalue weighted by atomic mass is 10.3. The van der Waals surface area contributed by atoms with Crippen molar-refractivity contribution in [1.29, 1.82) is 0 Å². The zero-order valence-electron chi connectivity index (χ0n) is 15.8. The zero-order valence-corrected chi connectivity index (χ0v) is 15.8. The molecule has 1 aromatic heterocycles. The fourth-order valence-corrected chi connectivity index (χ4v) is 2.88. The van der Waals surface area contributed by atoms with Crippen LogP contribution in [0.25, 0.3) is 0 Å². The summed E-state index contributed by atoms with van der Waals surface area (Å²) in [4.78, 5) is 22.4. The van der Waals surface area contributed by atoms with E-state index >= 15 is 0 Å². The Hall–Kier alpha value is -2.31. The van der Waals surface area contributed by atoms with Gasteiger partial charge >= 0.3 is 0 Å². The SMILES string of the molecule is CCNC(=NCCCN1CCCC1=O)NCCCCNc1ccccn1. The van der Waals surface area contributed by atoms with E-state index in [4.69, 9.17) is 0 Å². The van der Waals surface area contributed by atoms with Gasteiger partial charge in [0.25, 0.3) is 0 Å². The van der Waals surface area contributed by atoms with Crippen LogP contribution in [0.1, 0.15) is 39.0 Å². The maximum absolute atomic E-state index is 11.6. The molecular weight excluding hydrogens is 328 g/mol. The van der Waals surface area contributed by atoms with Crippen molar-refractivity contribution in [3.8, 4) is 0 Å². The molecule has 0 bridgehead atoms. The Morgan fingerprint density at radius 3 is 2.85 bits per heavy atom. The minimum Gasteiger partial charge on any atom is -0.370 e. The number of amides is 1. The Morgan fingerprint density at radius 1 is 1.23 bits per heavy atom. The monoisotopic (exact) mass is 360 g/mol. The third kappa shape index (κ3) is 7.72. The van der Waals surface area contributed by atoms with Crippen molar-refractivity contribution in [1.82, 2.24) is 20.5 Å². The maximum Gasteiger partial charge on any atom is 0.222 e. The van der Waals surface area contributed by atoms with Gasteiger partial charge in [0.05, 0.1) is 0 Å². The topological polar surface area (TPSA) is 81.7 Å². The summed E-state index contributed by atoms with van der Waals surface area (Å²) in [6.45, 7) is 7.18. The van der Waals surface area contributed by atoms with Crippen LogP contribution in [0, 0.1) is 0 Å². The summed E-state index contributed by atoms with van der Waals surface area (Å²) in [5, 5.41) is 9.95. The van der Waals surface area contributed by atoms with Crippen molar-refractivity contribution in [2.24, 2.45) is 4.99 Å². The molecule has 7 nitrogen and oxygen atoms in total. The number of unbranched alkanes of at least 4 members (excludes halogenated alkanes) is 1. The fraction of sp³-hybridized carbons (Fsp3) is 0.632. The molecule has 1 aromatic rings. The molecule has 1 saturated heterocycles. The predicted octanol–water partition coefficient (Wildman–Crippen LogP) is 1.84. The third-order valence-electron chi connectivity index (χ3n) is 4.24. The number of guanidine groups is 1. The van der Waals surface area contributed by atoms with E-state index in [1.165, 1.54) is 0 Å². The minimum absolute atomic E-state index is 0.290. The van der Waals surface area contributed by atoms with Gasteiger partial charge in [-0.25, -0.2) is 4.98 Å². The normalized spacial score (nSPS) is 14.6. The highest BCUT2D eigenvalue weighted by molar-refractivity contribution is 5.79. The Labute approximate surface area is 156 Å². The molecule has 26 heavy (non-hydrogen) atoms. The molecular formula is C19H32N6O. The Kier molecular flexibility index (Phi) is 9.32. The van der Waals surface area contributed by atoms with Crippen molar-refractivity contribution in [3.05, 3.63) is 24.4 Å². The summed E-state index contributed by atoms with van der Waals surface area (Å²) in [6.07, 6.45) is 6.55. The largest absolute Gasteiger partial charge is 0.370 e. The average Bonchev–Trinajstić information content (AvgIpc) is 3.07. The fourth-order valence-electron chi connectivity index (χ4n) is 2.88. The van der Waals surface area contributed by atoms with Crippen LogP contribution in [-0.2, 0) is 4.79 Å². The molecule has 0 atom stereocenters.